The first-order chi connectivity index (χ1) is 5.56. The standard InChI is InChI=1S/C10H13NO/c1-10(2,7-11)8-4-3-5-9(12)6-8/h6H,3-5H2,1-2H3. The molecule has 0 saturated carbocycles. The van der Waals surface area contributed by atoms with Crippen molar-refractivity contribution in [1.82, 2.24) is 0 Å². The van der Waals surface area contributed by atoms with E-state index in [4.69, 9.17) is 5.26 Å². The number of allylic oxidation sites excluding steroid dienone is 2. The summed E-state index contributed by atoms with van der Waals surface area (Å²) in [7, 11) is 0. The van der Waals surface area contributed by atoms with Gasteiger partial charge in [0.2, 0.25) is 0 Å². The van der Waals surface area contributed by atoms with E-state index in [2.05, 4.69) is 6.07 Å². The maximum Gasteiger partial charge on any atom is 0.155 e. The normalized spacial score (nSPS) is 18.4. The summed E-state index contributed by atoms with van der Waals surface area (Å²) in [6.45, 7) is 3.72. The second-order valence-corrected chi connectivity index (χ2v) is 3.73. The van der Waals surface area contributed by atoms with Crippen LogP contribution < -0.4 is 0 Å². The summed E-state index contributed by atoms with van der Waals surface area (Å²) in [6.07, 6.45) is 4.08. The van der Waals surface area contributed by atoms with E-state index in [1.54, 1.807) is 6.08 Å². The first kappa shape index (κ1) is 8.99. The van der Waals surface area contributed by atoms with Gasteiger partial charge in [0.15, 0.2) is 5.78 Å². The van der Waals surface area contributed by atoms with Crippen LogP contribution in [0.4, 0.5) is 0 Å². The molecule has 0 aromatic carbocycles. The van der Waals surface area contributed by atoms with E-state index >= 15 is 0 Å². The molecule has 64 valence electrons. The highest BCUT2D eigenvalue weighted by Crippen LogP contribution is 2.31. The van der Waals surface area contributed by atoms with Crippen LogP contribution in [0, 0.1) is 16.7 Å². The van der Waals surface area contributed by atoms with Crippen molar-refractivity contribution < 1.29 is 4.79 Å². The van der Waals surface area contributed by atoms with Gasteiger partial charge in [-0.2, -0.15) is 5.26 Å². The fourth-order valence-electron chi connectivity index (χ4n) is 1.36. The molecule has 0 saturated heterocycles. The van der Waals surface area contributed by atoms with Crippen LogP contribution in [-0.4, -0.2) is 5.78 Å². The van der Waals surface area contributed by atoms with Crippen LogP contribution in [0.5, 0.6) is 0 Å². The quantitative estimate of drug-likeness (QED) is 0.594. The summed E-state index contributed by atoms with van der Waals surface area (Å²) in [4.78, 5) is 11.1. The second kappa shape index (κ2) is 3.10. The predicted molar refractivity (Wildman–Crippen MR) is 46.3 cm³/mol. The Morgan fingerprint density at radius 1 is 1.50 bits per heavy atom. The maximum absolute atomic E-state index is 11.1. The molecule has 0 aromatic heterocycles. The van der Waals surface area contributed by atoms with Crippen molar-refractivity contribution in [2.24, 2.45) is 5.41 Å². The van der Waals surface area contributed by atoms with Crippen molar-refractivity contribution in [2.45, 2.75) is 33.1 Å². The molecule has 0 heterocycles. The third kappa shape index (κ3) is 1.73. The second-order valence-electron chi connectivity index (χ2n) is 3.73. The highest BCUT2D eigenvalue weighted by atomic mass is 16.1. The van der Waals surface area contributed by atoms with Crippen LogP contribution in [0.2, 0.25) is 0 Å². The van der Waals surface area contributed by atoms with Crippen LogP contribution in [0.3, 0.4) is 0 Å². The van der Waals surface area contributed by atoms with Gasteiger partial charge < -0.3 is 0 Å². The van der Waals surface area contributed by atoms with Gasteiger partial charge >= 0.3 is 0 Å². The van der Waals surface area contributed by atoms with E-state index in [-0.39, 0.29) is 5.78 Å². The summed E-state index contributed by atoms with van der Waals surface area (Å²) in [5.74, 6) is 0.166. The third-order valence-electron chi connectivity index (χ3n) is 2.29. The van der Waals surface area contributed by atoms with E-state index in [1.165, 1.54) is 0 Å². The first-order valence-corrected chi connectivity index (χ1v) is 4.21. The minimum absolute atomic E-state index is 0.166. The van der Waals surface area contributed by atoms with Crippen molar-refractivity contribution in [3.8, 4) is 6.07 Å². The smallest absolute Gasteiger partial charge is 0.155 e. The third-order valence-corrected chi connectivity index (χ3v) is 2.29. The van der Waals surface area contributed by atoms with Crippen LogP contribution in [-0.2, 0) is 4.79 Å². The molecular weight excluding hydrogens is 150 g/mol. The summed E-state index contributed by atoms with van der Waals surface area (Å²) < 4.78 is 0. The van der Waals surface area contributed by atoms with Crippen LogP contribution >= 0.6 is 0 Å². The fourth-order valence-corrected chi connectivity index (χ4v) is 1.36. The van der Waals surface area contributed by atoms with Crippen LogP contribution in [0.15, 0.2) is 11.6 Å². The zero-order valence-electron chi connectivity index (χ0n) is 7.55. The van der Waals surface area contributed by atoms with Crippen molar-refractivity contribution in [3.63, 3.8) is 0 Å². The molecule has 0 unspecified atom stereocenters. The van der Waals surface area contributed by atoms with Gasteiger partial charge in [-0.15, -0.1) is 0 Å². The molecule has 1 aliphatic rings. The number of carbonyl (C=O) groups excluding carboxylic acids is 1. The number of nitriles is 1. The van der Waals surface area contributed by atoms with Crippen LogP contribution in [0.25, 0.3) is 0 Å². The molecule has 1 rings (SSSR count). The molecule has 0 atom stereocenters. The molecule has 0 spiro atoms. The number of hydrogen-bond donors (Lipinski definition) is 0. The van der Waals surface area contributed by atoms with Gasteiger partial charge in [-0.05, 0) is 38.3 Å². The highest BCUT2D eigenvalue weighted by Gasteiger charge is 2.25. The summed E-state index contributed by atoms with van der Waals surface area (Å²) >= 11 is 0. The number of nitrogens with zero attached hydrogens (tertiary/aromatic N) is 1. The largest absolute Gasteiger partial charge is 0.295 e. The van der Waals surface area contributed by atoms with Crippen molar-refractivity contribution in [1.29, 1.82) is 5.26 Å². The highest BCUT2D eigenvalue weighted by molar-refractivity contribution is 5.91. The Morgan fingerprint density at radius 3 is 2.67 bits per heavy atom. The number of rotatable bonds is 1. The van der Waals surface area contributed by atoms with Gasteiger partial charge in [0.25, 0.3) is 0 Å². The number of ketones is 1. The fraction of sp³-hybridized carbons (Fsp3) is 0.600. The molecule has 2 nitrogen and oxygen atoms in total. The Morgan fingerprint density at radius 2 is 2.17 bits per heavy atom. The summed E-state index contributed by atoms with van der Waals surface area (Å²) in [6, 6.07) is 2.21. The Hall–Kier alpha value is -1.10. The zero-order valence-corrected chi connectivity index (χ0v) is 7.55. The first-order valence-electron chi connectivity index (χ1n) is 4.21. The molecule has 0 fully saturated rings. The maximum atomic E-state index is 11.1. The van der Waals surface area contributed by atoms with E-state index in [0.29, 0.717) is 6.42 Å². The summed E-state index contributed by atoms with van der Waals surface area (Å²) in [5.41, 5.74) is 0.525. The lowest BCUT2D eigenvalue weighted by molar-refractivity contribution is -0.115. The van der Waals surface area contributed by atoms with Crippen LogP contribution in [0.1, 0.15) is 33.1 Å². The lowest BCUT2D eigenvalue weighted by atomic mass is 9.79. The van der Waals surface area contributed by atoms with Gasteiger partial charge in [0.1, 0.15) is 0 Å². The number of carbonyl (C=O) groups is 1. The topological polar surface area (TPSA) is 40.9 Å². The number of hydrogen-bond acceptors (Lipinski definition) is 2. The minimum atomic E-state index is -0.462. The predicted octanol–water partition coefficient (Wildman–Crippen LogP) is 2.22. The van der Waals surface area contributed by atoms with Gasteiger partial charge in [-0.3, -0.25) is 4.79 Å². The molecule has 0 aliphatic heterocycles. The van der Waals surface area contributed by atoms with Gasteiger partial charge in [0.05, 0.1) is 11.5 Å². The molecular formula is C10H13NO. The molecule has 0 radical (unpaired) electrons. The van der Waals surface area contributed by atoms with Crippen molar-refractivity contribution in [2.75, 3.05) is 0 Å². The SMILES string of the molecule is CC(C)(C#N)C1=CC(=O)CCC1. The molecule has 1 aliphatic carbocycles. The van der Waals surface area contributed by atoms with Gasteiger partial charge in [-0.25, -0.2) is 0 Å². The molecule has 2 heteroatoms. The lowest BCUT2D eigenvalue weighted by Crippen LogP contribution is -2.16. The minimum Gasteiger partial charge on any atom is -0.295 e. The summed E-state index contributed by atoms with van der Waals surface area (Å²) in [5, 5.41) is 8.83. The average Bonchev–Trinajstić information content (AvgIpc) is 2.05. The molecule has 0 amide bonds. The van der Waals surface area contributed by atoms with E-state index in [1.807, 2.05) is 13.8 Å². The molecule has 0 aromatic rings. The zero-order chi connectivity index (χ0) is 9.19. The average molecular weight is 163 g/mol. The Bertz CT molecular complexity index is 268. The Balaban J connectivity index is 2.89. The lowest BCUT2D eigenvalue weighted by Gasteiger charge is -2.22. The van der Waals surface area contributed by atoms with E-state index in [0.717, 1.165) is 18.4 Å². The van der Waals surface area contributed by atoms with Gasteiger partial charge in [0, 0.05) is 6.42 Å². The Kier molecular flexibility index (Phi) is 2.32. The van der Waals surface area contributed by atoms with Crippen molar-refractivity contribution in [3.05, 3.63) is 11.6 Å². The van der Waals surface area contributed by atoms with Crippen molar-refractivity contribution >= 4 is 5.78 Å². The van der Waals surface area contributed by atoms with E-state index < -0.39 is 5.41 Å². The Labute approximate surface area is 72.9 Å². The monoisotopic (exact) mass is 163 g/mol. The van der Waals surface area contributed by atoms with Gasteiger partial charge in [-0.1, -0.05) is 0 Å². The molecule has 0 N–H and O–H groups in total. The molecule has 12 heavy (non-hydrogen) atoms. The van der Waals surface area contributed by atoms with E-state index in [9.17, 15) is 4.79 Å². The molecule has 0 bridgehead atoms.